The second-order valence-corrected chi connectivity index (χ2v) is 2.82. The Labute approximate surface area is 100 Å². The summed E-state index contributed by atoms with van der Waals surface area (Å²) in [5.41, 5.74) is 10.4. The van der Waals surface area contributed by atoms with Crippen molar-refractivity contribution in [2.24, 2.45) is 11.5 Å². The van der Waals surface area contributed by atoms with Gasteiger partial charge in [0.25, 0.3) is 0 Å². The zero-order chi connectivity index (χ0) is 9.56. The highest BCUT2D eigenvalue weighted by Gasteiger charge is 2.09. The number of halogens is 2. The first-order valence-electron chi connectivity index (χ1n) is 3.55. The van der Waals surface area contributed by atoms with E-state index < -0.39 is 12.0 Å². The third kappa shape index (κ3) is 11.7. The monoisotopic (exact) mass is 261 g/mol. The molecule has 0 aromatic carbocycles. The van der Waals surface area contributed by atoms with Crippen LogP contribution in [-0.4, -0.2) is 28.8 Å². The van der Waals surface area contributed by atoms with Crippen molar-refractivity contribution in [2.45, 2.75) is 18.9 Å². The summed E-state index contributed by atoms with van der Waals surface area (Å²) >= 11 is 4.55. The molecule has 6 N–H and O–H groups in total. The minimum atomic E-state index is -0.981. The second-order valence-electron chi connectivity index (χ2n) is 2.38. The number of nitrogens with two attached hydrogens (primary N) is 2. The zero-order valence-corrected chi connectivity index (χ0v) is 9.70. The molecule has 0 aliphatic heterocycles. The second kappa shape index (κ2) is 10.8. The zero-order valence-electron chi connectivity index (χ0n) is 7.37. The van der Waals surface area contributed by atoms with Crippen LogP contribution in [0.4, 0.5) is 0 Å². The van der Waals surface area contributed by atoms with Crippen LogP contribution in [0.3, 0.4) is 0 Å². The van der Waals surface area contributed by atoms with Crippen molar-refractivity contribution in [3.8, 4) is 0 Å². The fourth-order valence-corrected chi connectivity index (χ4v) is 0.759. The number of carboxylic acid groups (broad SMARTS) is 1. The van der Waals surface area contributed by atoms with Crippen LogP contribution in [0.25, 0.3) is 0 Å². The average Bonchev–Trinajstić information content (AvgIpc) is 1.97. The standard InChI is InChI=1S/C6H13N3O2S.2ClH/c7-4(5(10)11)2-1-3-9-6(8)12;;/h4H,1-3,7H2,(H,10,11)(H3,8,9,12);2*1H/p-2/t4-;;/m0../s1. The van der Waals surface area contributed by atoms with Crippen LogP contribution in [0.15, 0.2) is 0 Å². The van der Waals surface area contributed by atoms with E-state index in [1.54, 1.807) is 0 Å². The van der Waals surface area contributed by atoms with Crippen molar-refractivity contribution in [2.75, 3.05) is 6.54 Å². The molecule has 0 saturated heterocycles. The van der Waals surface area contributed by atoms with Crippen LogP contribution in [-0.2, 0) is 4.79 Å². The highest BCUT2D eigenvalue weighted by molar-refractivity contribution is 7.80. The van der Waals surface area contributed by atoms with Crippen molar-refractivity contribution in [3.63, 3.8) is 0 Å². The molecule has 0 saturated carbocycles. The first kappa shape index (κ1) is 19.3. The Kier molecular flexibility index (Phi) is 14.9. The predicted octanol–water partition coefficient (Wildman–Crippen LogP) is -6.98. The van der Waals surface area contributed by atoms with Gasteiger partial charge in [-0.15, -0.1) is 0 Å². The topological polar surface area (TPSA) is 101 Å². The number of thiocarbonyl (C=S) groups is 1. The quantitative estimate of drug-likeness (QED) is 0.290. The summed E-state index contributed by atoms with van der Waals surface area (Å²) in [5.74, 6) is -0.981. The van der Waals surface area contributed by atoms with Gasteiger partial charge in [0.2, 0.25) is 0 Å². The lowest BCUT2D eigenvalue weighted by molar-refractivity contribution is -0.138. The fourth-order valence-electron chi connectivity index (χ4n) is 0.657. The van der Waals surface area contributed by atoms with Gasteiger partial charge in [-0.1, -0.05) is 0 Å². The number of hydrogen-bond acceptors (Lipinski definition) is 3. The van der Waals surface area contributed by atoms with Gasteiger partial charge in [0.1, 0.15) is 6.04 Å². The molecular weight excluding hydrogens is 249 g/mol. The van der Waals surface area contributed by atoms with Crippen molar-refractivity contribution < 1.29 is 34.7 Å². The van der Waals surface area contributed by atoms with Crippen molar-refractivity contribution in [1.29, 1.82) is 0 Å². The van der Waals surface area contributed by atoms with E-state index >= 15 is 0 Å². The maximum Gasteiger partial charge on any atom is 0.320 e. The van der Waals surface area contributed by atoms with Gasteiger partial charge in [0.05, 0.1) is 0 Å². The minimum Gasteiger partial charge on any atom is -1.00 e. The predicted molar refractivity (Wildman–Crippen MR) is 49.6 cm³/mol. The summed E-state index contributed by atoms with van der Waals surface area (Å²) in [7, 11) is 0. The first-order chi connectivity index (χ1) is 5.54. The Bertz CT molecular complexity index is 182. The lowest BCUT2D eigenvalue weighted by atomic mass is 10.2. The Balaban J connectivity index is -0.000000605. The van der Waals surface area contributed by atoms with Crippen LogP contribution in [0.1, 0.15) is 12.8 Å². The van der Waals surface area contributed by atoms with Crippen LogP contribution in [0.2, 0.25) is 0 Å². The van der Waals surface area contributed by atoms with E-state index in [9.17, 15) is 4.79 Å². The molecule has 0 bridgehead atoms. The van der Waals surface area contributed by atoms with E-state index in [1.165, 1.54) is 0 Å². The van der Waals surface area contributed by atoms with Gasteiger partial charge in [-0.05, 0) is 25.1 Å². The third-order valence-corrected chi connectivity index (χ3v) is 1.45. The number of carboxylic acids is 1. The molecule has 0 aromatic rings. The molecule has 0 rings (SSSR count). The molecule has 0 spiro atoms. The molecular formula is C6H13Cl2N3O2S-2. The Hall–Kier alpha value is -0.300. The molecule has 1 atom stereocenters. The molecule has 14 heavy (non-hydrogen) atoms. The maximum atomic E-state index is 10.2. The summed E-state index contributed by atoms with van der Waals surface area (Å²) < 4.78 is 0. The molecule has 0 amide bonds. The fraction of sp³-hybridized carbons (Fsp3) is 0.667. The highest BCUT2D eigenvalue weighted by atomic mass is 35.5. The van der Waals surface area contributed by atoms with E-state index in [0.717, 1.165) is 0 Å². The largest absolute Gasteiger partial charge is 1.00 e. The summed E-state index contributed by atoms with van der Waals surface area (Å²) in [6.45, 7) is 0.566. The van der Waals surface area contributed by atoms with Gasteiger partial charge in [-0.25, -0.2) is 0 Å². The van der Waals surface area contributed by atoms with Crippen LogP contribution < -0.4 is 41.6 Å². The maximum absolute atomic E-state index is 10.2. The van der Waals surface area contributed by atoms with Gasteiger partial charge in [0.15, 0.2) is 5.11 Å². The molecule has 8 heteroatoms. The van der Waals surface area contributed by atoms with Crippen LogP contribution in [0.5, 0.6) is 0 Å². The van der Waals surface area contributed by atoms with Crippen LogP contribution in [0, 0.1) is 0 Å². The van der Waals surface area contributed by atoms with Crippen LogP contribution >= 0.6 is 12.2 Å². The molecule has 0 radical (unpaired) electrons. The third-order valence-electron chi connectivity index (χ3n) is 1.31. The molecule has 0 fully saturated rings. The minimum absolute atomic E-state index is 0. The molecule has 5 nitrogen and oxygen atoms in total. The number of nitrogens with one attached hydrogen (secondary N) is 1. The molecule has 0 aliphatic rings. The Morgan fingerprint density at radius 1 is 1.50 bits per heavy atom. The van der Waals surface area contributed by atoms with E-state index in [-0.39, 0.29) is 29.9 Å². The van der Waals surface area contributed by atoms with Gasteiger partial charge in [-0.2, -0.15) is 0 Å². The molecule has 86 valence electrons. The van der Waals surface area contributed by atoms with Gasteiger partial charge in [0, 0.05) is 6.54 Å². The average molecular weight is 262 g/mol. The van der Waals surface area contributed by atoms with E-state index in [0.29, 0.717) is 19.4 Å². The SMILES string of the molecule is NC(=S)NCCC[C@H](N)C(=O)O.[Cl-].[Cl-]. The molecule has 0 unspecified atom stereocenters. The van der Waals surface area contributed by atoms with Gasteiger partial charge >= 0.3 is 5.97 Å². The van der Waals surface area contributed by atoms with Crippen molar-refractivity contribution in [1.82, 2.24) is 5.32 Å². The van der Waals surface area contributed by atoms with E-state index in [2.05, 4.69) is 17.5 Å². The summed E-state index contributed by atoms with van der Waals surface area (Å²) in [5, 5.41) is 11.3. The number of rotatable bonds is 5. The highest BCUT2D eigenvalue weighted by Crippen LogP contribution is 1.92. The normalized spacial score (nSPS) is 10.4. The number of aliphatic carboxylic acids is 1. The van der Waals surface area contributed by atoms with E-state index in [4.69, 9.17) is 16.6 Å². The van der Waals surface area contributed by atoms with Gasteiger partial charge < -0.3 is 46.7 Å². The number of carbonyl (C=O) groups is 1. The lowest BCUT2D eigenvalue weighted by Crippen LogP contribution is -3.00. The Morgan fingerprint density at radius 2 is 2.00 bits per heavy atom. The van der Waals surface area contributed by atoms with E-state index in [1.807, 2.05) is 0 Å². The summed E-state index contributed by atoms with van der Waals surface area (Å²) in [6, 6.07) is -0.793. The molecule has 0 heterocycles. The lowest BCUT2D eigenvalue weighted by Gasteiger charge is -2.06. The Morgan fingerprint density at radius 3 is 2.36 bits per heavy atom. The van der Waals surface area contributed by atoms with Crippen molar-refractivity contribution in [3.05, 3.63) is 0 Å². The summed E-state index contributed by atoms with van der Waals surface area (Å²) in [4.78, 5) is 10.2. The summed E-state index contributed by atoms with van der Waals surface area (Å²) in [6.07, 6.45) is 1.07. The first-order valence-corrected chi connectivity index (χ1v) is 3.96. The smallest absolute Gasteiger partial charge is 0.320 e. The van der Waals surface area contributed by atoms with Gasteiger partial charge in [-0.3, -0.25) is 4.79 Å². The van der Waals surface area contributed by atoms with Crippen molar-refractivity contribution >= 4 is 23.3 Å². The number of hydrogen-bond donors (Lipinski definition) is 4. The molecule has 0 aromatic heterocycles. The molecule has 0 aliphatic carbocycles.